The highest BCUT2D eigenvalue weighted by Crippen LogP contribution is 2.48. The molecule has 2 aliphatic heterocycles. The van der Waals surface area contributed by atoms with Crippen molar-refractivity contribution in [3.05, 3.63) is 72.1 Å². The molecule has 1 fully saturated rings. The first-order chi connectivity index (χ1) is 13.9. The molecule has 29 heavy (non-hydrogen) atoms. The number of carboxylic acid groups (broad SMARTS) is 2. The van der Waals surface area contributed by atoms with Gasteiger partial charge in [0.15, 0.2) is 0 Å². The number of nitrogens with zero attached hydrogens (tertiary/aromatic N) is 1. The number of fused-ring (bicyclic) bond motifs is 2. The van der Waals surface area contributed by atoms with Crippen LogP contribution < -0.4 is 10.2 Å². The summed E-state index contributed by atoms with van der Waals surface area (Å²) >= 11 is 0. The van der Waals surface area contributed by atoms with Crippen molar-refractivity contribution in [3.8, 4) is 0 Å². The highest BCUT2D eigenvalue weighted by Gasteiger charge is 2.43. The van der Waals surface area contributed by atoms with Crippen LogP contribution in [0.2, 0.25) is 0 Å². The second-order valence-corrected chi connectivity index (χ2v) is 7.12. The summed E-state index contributed by atoms with van der Waals surface area (Å²) in [5.74, 6) is -2.69. The third-order valence-electron chi connectivity index (χ3n) is 5.29. The minimum atomic E-state index is -1.26. The van der Waals surface area contributed by atoms with Crippen LogP contribution in [-0.2, 0) is 15.0 Å². The average molecular weight is 398 g/mol. The topological polar surface area (TPSA) is 89.9 Å². The molecule has 2 aliphatic rings. The summed E-state index contributed by atoms with van der Waals surface area (Å²) in [6.45, 7) is 3.15. The molecule has 2 heterocycles. The van der Waals surface area contributed by atoms with Crippen LogP contribution in [-0.4, -0.2) is 41.8 Å². The Kier molecular flexibility index (Phi) is 6.29. The number of benzene rings is 2. The van der Waals surface area contributed by atoms with Gasteiger partial charge in [-0.15, -0.1) is 0 Å². The van der Waals surface area contributed by atoms with Crippen molar-refractivity contribution in [1.29, 1.82) is 0 Å². The predicted molar refractivity (Wildman–Crippen MR) is 108 cm³/mol. The molecule has 0 bridgehead atoms. The van der Waals surface area contributed by atoms with Crippen LogP contribution in [0.4, 0.5) is 15.8 Å². The Morgan fingerprint density at radius 3 is 2.14 bits per heavy atom. The van der Waals surface area contributed by atoms with Crippen LogP contribution in [0.3, 0.4) is 0 Å². The summed E-state index contributed by atoms with van der Waals surface area (Å²) < 4.78 is 13.2. The van der Waals surface area contributed by atoms with Gasteiger partial charge in [0.2, 0.25) is 0 Å². The van der Waals surface area contributed by atoms with E-state index in [1.54, 1.807) is 12.1 Å². The number of carbonyl (C=O) groups is 2. The van der Waals surface area contributed by atoms with E-state index < -0.39 is 11.9 Å². The quantitative estimate of drug-likeness (QED) is 0.688. The molecule has 0 aliphatic carbocycles. The van der Waals surface area contributed by atoms with Gasteiger partial charge in [0.25, 0.3) is 0 Å². The lowest BCUT2D eigenvalue weighted by molar-refractivity contribution is -0.134. The zero-order valence-corrected chi connectivity index (χ0v) is 15.8. The Hall–Kier alpha value is -3.19. The van der Waals surface area contributed by atoms with Gasteiger partial charge >= 0.3 is 11.9 Å². The molecule has 0 atom stereocenters. The highest BCUT2D eigenvalue weighted by atomic mass is 19.1. The number of hydrogen-bond acceptors (Lipinski definition) is 4. The van der Waals surface area contributed by atoms with Crippen LogP contribution in [0, 0.1) is 5.82 Å². The van der Waals surface area contributed by atoms with E-state index in [0.29, 0.717) is 12.2 Å². The predicted octanol–water partition coefficient (Wildman–Crippen LogP) is 3.31. The molecule has 4 rings (SSSR count). The summed E-state index contributed by atoms with van der Waals surface area (Å²) in [6.07, 6.45) is 3.45. The van der Waals surface area contributed by atoms with Gasteiger partial charge in [-0.25, -0.2) is 14.0 Å². The van der Waals surface area contributed by atoms with Crippen LogP contribution in [0.15, 0.2) is 60.7 Å². The molecule has 0 radical (unpaired) electrons. The Morgan fingerprint density at radius 1 is 0.966 bits per heavy atom. The maximum absolute atomic E-state index is 13.2. The maximum Gasteiger partial charge on any atom is 0.328 e. The van der Waals surface area contributed by atoms with E-state index in [9.17, 15) is 14.0 Å². The number of piperidine rings is 1. The van der Waals surface area contributed by atoms with Crippen LogP contribution in [0.5, 0.6) is 0 Å². The van der Waals surface area contributed by atoms with E-state index in [1.165, 1.54) is 24.1 Å². The number of anilines is 2. The van der Waals surface area contributed by atoms with Gasteiger partial charge in [-0.1, -0.05) is 18.2 Å². The summed E-state index contributed by atoms with van der Waals surface area (Å²) in [4.78, 5) is 21.5. The number of halogens is 1. The smallest absolute Gasteiger partial charge is 0.328 e. The van der Waals surface area contributed by atoms with Gasteiger partial charge in [-0.3, -0.25) is 0 Å². The van der Waals surface area contributed by atoms with Crippen LogP contribution in [0.1, 0.15) is 18.4 Å². The zero-order chi connectivity index (χ0) is 20.9. The molecule has 6 nitrogen and oxygen atoms in total. The average Bonchev–Trinajstić information content (AvgIpc) is 3.02. The summed E-state index contributed by atoms with van der Waals surface area (Å²) in [7, 11) is 0. The second kappa shape index (κ2) is 8.87. The van der Waals surface area contributed by atoms with Gasteiger partial charge in [0.1, 0.15) is 5.82 Å². The molecular formula is C22H23FN2O4. The van der Waals surface area contributed by atoms with Crippen molar-refractivity contribution in [1.82, 2.24) is 5.32 Å². The van der Waals surface area contributed by atoms with E-state index in [1.807, 2.05) is 12.1 Å². The van der Waals surface area contributed by atoms with E-state index >= 15 is 0 Å². The van der Waals surface area contributed by atoms with Crippen LogP contribution in [0.25, 0.3) is 0 Å². The first-order valence-electron chi connectivity index (χ1n) is 9.39. The monoisotopic (exact) mass is 398 g/mol. The molecule has 152 valence electrons. The molecule has 0 amide bonds. The van der Waals surface area contributed by atoms with Gasteiger partial charge in [-0.2, -0.15) is 0 Å². The molecule has 1 saturated heterocycles. The highest BCUT2D eigenvalue weighted by molar-refractivity contribution is 5.89. The third-order valence-corrected chi connectivity index (χ3v) is 5.29. The lowest BCUT2D eigenvalue weighted by Crippen LogP contribution is -2.42. The number of hydrogen-bond donors (Lipinski definition) is 3. The number of para-hydroxylation sites is 1. The molecule has 0 saturated carbocycles. The van der Waals surface area contributed by atoms with E-state index in [0.717, 1.165) is 25.3 Å². The minimum Gasteiger partial charge on any atom is -0.478 e. The lowest BCUT2D eigenvalue weighted by atomic mass is 9.75. The number of carboxylic acids is 2. The minimum absolute atomic E-state index is 0.178. The van der Waals surface area contributed by atoms with Gasteiger partial charge in [0.05, 0.1) is 0 Å². The first-order valence-corrected chi connectivity index (χ1v) is 9.39. The van der Waals surface area contributed by atoms with Crippen molar-refractivity contribution in [2.24, 2.45) is 0 Å². The molecular weight excluding hydrogens is 375 g/mol. The second-order valence-electron chi connectivity index (χ2n) is 7.12. The van der Waals surface area contributed by atoms with Crippen LogP contribution >= 0.6 is 0 Å². The summed E-state index contributed by atoms with van der Waals surface area (Å²) in [5, 5.41) is 19.1. The fraction of sp³-hybridized carbons (Fsp3) is 0.273. The van der Waals surface area contributed by atoms with Crippen molar-refractivity contribution in [2.75, 3.05) is 24.5 Å². The molecule has 7 heteroatoms. The Bertz CT molecular complexity index is 889. The molecule has 0 unspecified atom stereocenters. The van der Waals surface area contributed by atoms with Gasteiger partial charge < -0.3 is 20.4 Å². The fourth-order valence-corrected chi connectivity index (χ4v) is 3.96. The first kappa shape index (κ1) is 20.5. The van der Waals surface area contributed by atoms with Crippen molar-refractivity contribution in [3.63, 3.8) is 0 Å². The largest absolute Gasteiger partial charge is 0.478 e. The Labute approximate surface area is 168 Å². The molecule has 0 aromatic heterocycles. The maximum atomic E-state index is 13.2. The zero-order valence-electron chi connectivity index (χ0n) is 15.8. The lowest BCUT2D eigenvalue weighted by Gasteiger charge is -2.35. The fourth-order valence-electron chi connectivity index (χ4n) is 3.96. The Balaban J connectivity index is 0.000000258. The number of nitrogens with one attached hydrogen (secondary N) is 1. The Morgan fingerprint density at radius 2 is 1.55 bits per heavy atom. The van der Waals surface area contributed by atoms with Crippen molar-refractivity contribution >= 4 is 23.3 Å². The van der Waals surface area contributed by atoms with E-state index in [4.69, 9.17) is 10.2 Å². The molecule has 2 aromatic rings. The van der Waals surface area contributed by atoms with Gasteiger partial charge in [-0.05, 0) is 61.8 Å². The van der Waals surface area contributed by atoms with E-state index in [-0.39, 0.29) is 11.2 Å². The van der Waals surface area contributed by atoms with Crippen molar-refractivity contribution in [2.45, 2.75) is 18.3 Å². The normalized spacial score (nSPS) is 16.9. The summed E-state index contributed by atoms with van der Waals surface area (Å²) in [5.41, 5.74) is 4.07. The number of rotatable bonds is 3. The molecule has 2 aromatic carbocycles. The van der Waals surface area contributed by atoms with Gasteiger partial charge in [0, 0.05) is 35.5 Å². The standard InChI is InChI=1S/C18H19FN2.C4H4O4/c19-14-5-7-15(8-6-14)21-13-18(9-11-20-12-10-18)16-3-1-2-4-17(16)21;5-3(6)1-2-4(7)8/h1-8,20H,9-13H2;1-2H,(H,5,6)(H,7,8)/b;2-1-. The third kappa shape index (κ3) is 4.81. The van der Waals surface area contributed by atoms with Crippen molar-refractivity contribution < 1.29 is 24.2 Å². The van der Waals surface area contributed by atoms with E-state index in [2.05, 4.69) is 34.5 Å². The molecule has 1 spiro atoms. The summed E-state index contributed by atoms with van der Waals surface area (Å²) in [6, 6.07) is 15.5. The number of aliphatic carboxylic acids is 2. The SMILES string of the molecule is Fc1ccc(N2CC3(CCNCC3)c3ccccc32)cc1.O=C(O)/C=C\C(=O)O. The molecule has 3 N–H and O–H groups in total.